The zero-order chi connectivity index (χ0) is 18.8. The largest absolute Gasteiger partial charge is 0.496 e. The summed E-state index contributed by atoms with van der Waals surface area (Å²) in [6, 6.07) is 19.9. The summed E-state index contributed by atoms with van der Waals surface area (Å²) in [4.78, 5) is 17.6. The lowest BCUT2D eigenvalue weighted by molar-refractivity contribution is -0.115. The molecule has 1 aliphatic heterocycles. The van der Waals surface area contributed by atoms with Crippen LogP contribution < -0.4 is 10.1 Å². The maximum Gasteiger partial charge on any atom is 0.264 e. The van der Waals surface area contributed by atoms with Crippen LogP contribution in [0.2, 0.25) is 0 Å². The zero-order valence-electron chi connectivity index (χ0n) is 15.0. The third-order valence-electron chi connectivity index (χ3n) is 4.31. The number of carbonyl (C=O) groups is 1. The second kappa shape index (κ2) is 7.29. The van der Waals surface area contributed by atoms with Crippen LogP contribution in [0.3, 0.4) is 0 Å². The van der Waals surface area contributed by atoms with Gasteiger partial charge in [0.25, 0.3) is 5.91 Å². The van der Waals surface area contributed by atoms with Crippen molar-refractivity contribution in [3.8, 4) is 5.75 Å². The van der Waals surface area contributed by atoms with Crippen LogP contribution in [0, 0.1) is 6.92 Å². The average molecular weight is 374 g/mol. The van der Waals surface area contributed by atoms with Crippen molar-refractivity contribution in [2.75, 3.05) is 7.11 Å². The van der Waals surface area contributed by atoms with Crippen molar-refractivity contribution < 1.29 is 9.53 Å². The first kappa shape index (κ1) is 17.4. The summed E-state index contributed by atoms with van der Waals surface area (Å²) in [5.74, 6) is 0.583. The highest BCUT2D eigenvalue weighted by Crippen LogP contribution is 2.34. The van der Waals surface area contributed by atoms with Gasteiger partial charge in [0.15, 0.2) is 5.17 Å². The Morgan fingerprint density at radius 3 is 2.74 bits per heavy atom. The van der Waals surface area contributed by atoms with Crippen molar-refractivity contribution in [2.45, 2.75) is 6.92 Å². The molecule has 0 spiro atoms. The van der Waals surface area contributed by atoms with E-state index in [1.807, 2.05) is 73.7 Å². The second-order valence-corrected chi connectivity index (χ2v) is 7.25. The molecule has 0 aromatic heterocycles. The monoisotopic (exact) mass is 374 g/mol. The number of aliphatic imine (C=N–C) groups is 1. The van der Waals surface area contributed by atoms with Crippen molar-refractivity contribution in [1.82, 2.24) is 5.32 Å². The SMILES string of the molecule is COc1ccc2ccccc2c1/C=C1\SC(=Nc2cccc(C)c2)NC1=O. The molecule has 3 aromatic carbocycles. The normalized spacial score (nSPS) is 16.9. The van der Waals surface area contributed by atoms with Gasteiger partial charge in [-0.25, -0.2) is 4.99 Å². The van der Waals surface area contributed by atoms with Crippen LogP contribution >= 0.6 is 11.8 Å². The molecule has 1 N–H and O–H groups in total. The molecule has 0 saturated carbocycles. The first-order valence-corrected chi connectivity index (χ1v) is 9.38. The van der Waals surface area contributed by atoms with E-state index in [9.17, 15) is 4.79 Å². The summed E-state index contributed by atoms with van der Waals surface area (Å²) in [5, 5.41) is 5.56. The number of amides is 1. The topological polar surface area (TPSA) is 50.7 Å². The van der Waals surface area contributed by atoms with Crippen molar-refractivity contribution in [2.24, 2.45) is 4.99 Å². The van der Waals surface area contributed by atoms with Crippen LogP contribution in [0.1, 0.15) is 11.1 Å². The Morgan fingerprint density at radius 2 is 1.93 bits per heavy atom. The van der Waals surface area contributed by atoms with Gasteiger partial charge in [-0.1, -0.05) is 42.5 Å². The number of methoxy groups -OCH3 is 1. The van der Waals surface area contributed by atoms with Crippen molar-refractivity contribution in [3.05, 3.63) is 76.7 Å². The van der Waals surface area contributed by atoms with Gasteiger partial charge in [-0.2, -0.15) is 0 Å². The molecule has 0 aliphatic carbocycles. The van der Waals surface area contributed by atoms with E-state index in [4.69, 9.17) is 4.74 Å². The molecule has 134 valence electrons. The Kier molecular flexibility index (Phi) is 4.69. The molecule has 27 heavy (non-hydrogen) atoms. The van der Waals surface area contributed by atoms with E-state index in [0.29, 0.717) is 10.1 Å². The lowest BCUT2D eigenvalue weighted by Gasteiger charge is -2.09. The number of fused-ring (bicyclic) bond motifs is 1. The van der Waals surface area contributed by atoms with Crippen LogP contribution in [0.15, 0.2) is 70.6 Å². The van der Waals surface area contributed by atoms with Gasteiger partial charge in [-0.3, -0.25) is 4.79 Å². The molecule has 5 heteroatoms. The van der Waals surface area contributed by atoms with Crippen LogP contribution in [-0.2, 0) is 4.79 Å². The molecule has 0 radical (unpaired) electrons. The average Bonchev–Trinajstić information content (AvgIpc) is 3.01. The van der Waals surface area contributed by atoms with E-state index in [0.717, 1.165) is 33.3 Å². The van der Waals surface area contributed by atoms with Gasteiger partial charge < -0.3 is 10.1 Å². The minimum atomic E-state index is -0.151. The number of nitrogens with one attached hydrogen (secondary N) is 1. The van der Waals surface area contributed by atoms with Crippen molar-refractivity contribution >= 4 is 45.4 Å². The number of hydrogen-bond donors (Lipinski definition) is 1. The summed E-state index contributed by atoms with van der Waals surface area (Å²) >= 11 is 1.34. The molecule has 1 fully saturated rings. The van der Waals surface area contributed by atoms with E-state index in [2.05, 4.69) is 10.3 Å². The zero-order valence-corrected chi connectivity index (χ0v) is 15.8. The lowest BCUT2D eigenvalue weighted by atomic mass is 10.0. The fraction of sp³-hybridized carbons (Fsp3) is 0.0909. The van der Waals surface area contributed by atoms with Gasteiger partial charge in [0, 0.05) is 5.56 Å². The predicted molar refractivity (Wildman–Crippen MR) is 112 cm³/mol. The van der Waals surface area contributed by atoms with Gasteiger partial charge in [0.05, 0.1) is 17.7 Å². The number of aryl methyl sites for hydroxylation is 1. The molecule has 3 aromatic rings. The molecule has 0 atom stereocenters. The number of rotatable bonds is 3. The van der Waals surface area contributed by atoms with E-state index >= 15 is 0 Å². The molecule has 1 saturated heterocycles. The molecular formula is C22H18N2O2S. The van der Waals surface area contributed by atoms with Gasteiger partial charge in [0.1, 0.15) is 5.75 Å². The fourth-order valence-electron chi connectivity index (χ4n) is 3.03. The minimum absolute atomic E-state index is 0.151. The van der Waals surface area contributed by atoms with Crippen LogP contribution in [0.5, 0.6) is 5.75 Å². The summed E-state index contributed by atoms with van der Waals surface area (Å²) < 4.78 is 5.52. The Hall–Kier alpha value is -3.05. The van der Waals surface area contributed by atoms with Crippen molar-refractivity contribution in [1.29, 1.82) is 0 Å². The molecule has 1 amide bonds. The maximum atomic E-state index is 12.5. The van der Waals surface area contributed by atoms with Gasteiger partial charge in [-0.05, 0) is 59.3 Å². The summed E-state index contributed by atoms with van der Waals surface area (Å²) in [5.41, 5.74) is 2.84. The third-order valence-corrected chi connectivity index (χ3v) is 5.22. The molecule has 1 heterocycles. The molecule has 0 unspecified atom stereocenters. The second-order valence-electron chi connectivity index (χ2n) is 6.22. The highest BCUT2D eigenvalue weighted by Gasteiger charge is 2.24. The van der Waals surface area contributed by atoms with E-state index in [1.54, 1.807) is 7.11 Å². The first-order chi connectivity index (χ1) is 13.1. The van der Waals surface area contributed by atoms with E-state index in [1.165, 1.54) is 11.8 Å². The van der Waals surface area contributed by atoms with E-state index in [-0.39, 0.29) is 5.91 Å². The number of amidine groups is 1. The smallest absolute Gasteiger partial charge is 0.264 e. The summed E-state index contributed by atoms with van der Waals surface area (Å²) in [6.07, 6.45) is 1.87. The summed E-state index contributed by atoms with van der Waals surface area (Å²) in [7, 11) is 1.64. The fourth-order valence-corrected chi connectivity index (χ4v) is 3.85. The standard InChI is InChI=1S/C22H18N2O2S/c1-14-6-5-8-16(12-14)23-22-24-21(25)20(27-22)13-18-17-9-4-3-7-15(17)10-11-19(18)26-2/h3-13H,1-2H3,(H,23,24,25)/b20-13-. The first-order valence-electron chi connectivity index (χ1n) is 8.56. The lowest BCUT2D eigenvalue weighted by Crippen LogP contribution is -2.19. The number of carbonyl (C=O) groups excluding carboxylic acids is 1. The number of hydrogen-bond acceptors (Lipinski definition) is 4. The van der Waals surface area contributed by atoms with Crippen molar-refractivity contribution in [3.63, 3.8) is 0 Å². The number of thioether (sulfide) groups is 1. The Labute approximate surface area is 162 Å². The highest BCUT2D eigenvalue weighted by atomic mass is 32.2. The molecule has 4 rings (SSSR count). The highest BCUT2D eigenvalue weighted by molar-refractivity contribution is 8.18. The van der Waals surface area contributed by atoms with Gasteiger partial charge in [0.2, 0.25) is 0 Å². The Bertz CT molecular complexity index is 1100. The molecule has 0 bridgehead atoms. The van der Waals surface area contributed by atoms with Crippen LogP contribution in [-0.4, -0.2) is 18.2 Å². The molecule has 1 aliphatic rings. The van der Waals surface area contributed by atoms with Crippen LogP contribution in [0.25, 0.3) is 16.8 Å². The maximum absolute atomic E-state index is 12.5. The number of ether oxygens (including phenoxy) is 1. The van der Waals surface area contributed by atoms with Gasteiger partial charge >= 0.3 is 0 Å². The minimum Gasteiger partial charge on any atom is -0.496 e. The summed E-state index contributed by atoms with van der Waals surface area (Å²) in [6.45, 7) is 2.02. The Morgan fingerprint density at radius 1 is 1.07 bits per heavy atom. The van der Waals surface area contributed by atoms with E-state index < -0.39 is 0 Å². The third kappa shape index (κ3) is 3.59. The Balaban J connectivity index is 1.73. The van der Waals surface area contributed by atoms with Crippen LogP contribution in [0.4, 0.5) is 5.69 Å². The predicted octanol–water partition coefficient (Wildman–Crippen LogP) is 5.05. The van der Waals surface area contributed by atoms with Gasteiger partial charge in [-0.15, -0.1) is 0 Å². The number of benzene rings is 3. The number of nitrogens with zero attached hydrogens (tertiary/aromatic N) is 1. The molecule has 4 nitrogen and oxygen atoms in total. The molecular weight excluding hydrogens is 356 g/mol. The quantitative estimate of drug-likeness (QED) is 0.653.